The van der Waals surface area contributed by atoms with Crippen LogP contribution >= 0.6 is 0 Å². The summed E-state index contributed by atoms with van der Waals surface area (Å²) >= 11 is 0. The summed E-state index contributed by atoms with van der Waals surface area (Å²) in [6.07, 6.45) is 0. The van der Waals surface area contributed by atoms with E-state index in [1.165, 1.54) is 26.2 Å². The van der Waals surface area contributed by atoms with Crippen molar-refractivity contribution in [2.45, 2.75) is 20.8 Å². The molecule has 3 rings (SSSR count). The number of Topliss-reactive ketones (excluding diaryl/α,β-unsaturated/α-hetero) is 1. The molecule has 3 aromatic rings. The topological polar surface area (TPSA) is 108 Å². The number of methoxy groups -OCH3 is 1. The molecule has 134 valence electrons. The molecule has 3 aromatic heterocycles. The zero-order chi connectivity index (χ0) is 19.9. The second kappa shape index (κ2) is 6.47. The molecule has 3 heterocycles. The molecule has 0 saturated carbocycles. The number of esters is 1. The maximum atomic E-state index is 12.7. The molecule has 0 atom stereocenters. The van der Waals surface area contributed by atoms with Gasteiger partial charge in [0.2, 0.25) is 5.76 Å². The number of pyridine rings is 1. The molecule has 0 saturated heterocycles. The lowest BCUT2D eigenvalue weighted by Crippen LogP contribution is -2.14. The van der Waals surface area contributed by atoms with E-state index in [1.807, 2.05) is 6.07 Å². The molecule has 0 aliphatic carbocycles. The van der Waals surface area contributed by atoms with Gasteiger partial charge in [-0.3, -0.25) is 4.79 Å². The van der Waals surface area contributed by atoms with Gasteiger partial charge in [0.15, 0.2) is 5.78 Å². The van der Waals surface area contributed by atoms with Gasteiger partial charge in [-0.15, -0.1) is 0 Å². The largest absolute Gasteiger partial charge is 0.465 e. The van der Waals surface area contributed by atoms with Crippen LogP contribution in [0.25, 0.3) is 16.8 Å². The number of aryl methyl sites for hydroxylation is 2. The number of hydrogen-bond acceptors (Lipinski definition) is 6. The average molecular weight is 361 g/mol. The lowest BCUT2D eigenvalue weighted by molar-refractivity contribution is 0.0603. The van der Waals surface area contributed by atoms with Gasteiger partial charge in [0.05, 0.1) is 23.8 Å². The fraction of sp³-hybridized carbons (Fsp3) is 0.200. The van der Waals surface area contributed by atoms with Crippen molar-refractivity contribution in [1.29, 1.82) is 10.5 Å². The SMILES string of the molecule is COC(=O)c1c(-c2ccc(C#N)o2)c(C(C)=O)c(C)n2c(C)c(C#N)cc12. The van der Waals surface area contributed by atoms with Crippen molar-refractivity contribution in [3.05, 3.63) is 52.0 Å². The van der Waals surface area contributed by atoms with Gasteiger partial charge < -0.3 is 13.6 Å². The lowest BCUT2D eigenvalue weighted by Gasteiger charge is -2.17. The van der Waals surface area contributed by atoms with Crippen molar-refractivity contribution < 1.29 is 18.7 Å². The van der Waals surface area contributed by atoms with Crippen molar-refractivity contribution in [2.75, 3.05) is 7.11 Å². The van der Waals surface area contributed by atoms with Crippen LogP contribution in [-0.4, -0.2) is 23.3 Å². The summed E-state index contributed by atoms with van der Waals surface area (Å²) in [5.41, 5.74) is 2.62. The van der Waals surface area contributed by atoms with E-state index in [0.717, 1.165) is 0 Å². The Hall–Kier alpha value is -3.84. The summed E-state index contributed by atoms with van der Waals surface area (Å²) in [5, 5.41) is 18.5. The molecule has 7 heteroatoms. The standard InChI is InChI=1S/C20H15N3O4/c1-10-13(8-21)7-15-18(20(25)26-4)19(16-6-5-14(9-22)27-16)17(12(3)24)11(2)23(10)15/h5-7H,1-4H3. The normalized spacial score (nSPS) is 10.4. The van der Waals surface area contributed by atoms with E-state index in [4.69, 9.17) is 14.4 Å². The molecule has 0 bridgehead atoms. The molecule has 0 aliphatic rings. The van der Waals surface area contributed by atoms with E-state index in [-0.39, 0.29) is 34.0 Å². The van der Waals surface area contributed by atoms with Crippen molar-refractivity contribution in [2.24, 2.45) is 0 Å². The average Bonchev–Trinajstić information content (AvgIpc) is 3.25. The third-order valence-electron chi connectivity index (χ3n) is 4.53. The lowest BCUT2D eigenvalue weighted by atomic mass is 9.95. The maximum Gasteiger partial charge on any atom is 0.340 e. The number of carbonyl (C=O) groups is 2. The number of hydrogen-bond donors (Lipinski definition) is 0. The minimum absolute atomic E-state index is 0.0529. The molecular weight excluding hydrogens is 346 g/mol. The van der Waals surface area contributed by atoms with Crippen LogP contribution in [-0.2, 0) is 4.74 Å². The van der Waals surface area contributed by atoms with Gasteiger partial charge in [-0.2, -0.15) is 10.5 Å². The predicted molar refractivity (Wildman–Crippen MR) is 95.3 cm³/mol. The molecule has 0 amide bonds. The molecule has 7 nitrogen and oxygen atoms in total. The fourth-order valence-corrected chi connectivity index (χ4v) is 3.40. The smallest absolute Gasteiger partial charge is 0.340 e. The highest BCUT2D eigenvalue weighted by atomic mass is 16.5. The molecule has 0 unspecified atom stereocenters. The van der Waals surface area contributed by atoms with E-state index >= 15 is 0 Å². The van der Waals surface area contributed by atoms with Crippen LogP contribution in [0.4, 0.5) is 0 Å². The quantitative estimate of drug-likeness (QED) is 0.521. The third kappa shape index (κ3) is 2.57. The molecule has 0 aliphatic heterocycles. The highest BCUT2D eigenvalue weighted by molar-refractivity contribution is 6.11. The summed E-state index contributed by atoms with van der Waals surface area (Å²) in [6, 6.07) is 8.55. The van der Waals surface area contributed by atoms with Gasteiger partial charge in [-0.1, -0.05) is 0 Å². The molecular formula is C20H15N3O4. The zero-order valence-electron chi connectivity index (χ0n) is 15.2. The summed E-state index contributed by atoms with van der Waals surface area (Å²) < 4.78 is 12.2. The van der Waals surface area contributed by atoms with E-state index < -0.39 is 5.97 Å². The number of fused-ring (bicyclic) bond motifs is 1. The first kappa shape index (κ1) is 18.0. The number of carbonyl (C=O) groups excluding carboxylic acids is 2. The number of ketones is 1. The van der Waals surface area contributed by atoms with Crippen LogP contribution < -0.4 is 0 Å². The Morgan fingerprint density at radius 1 is 1.11 bits per heavy atom. The summed E-state index contributed by atoms with van der Waals surface area (Å²) in [5.74, 6) is -0.692. The van der Waals surface area contributed by atoms with Crippen LogP contribution in [0.1, 0.15) is 50.4 Å². The molecule has 0 N–H and O–H groups in total. The Labute approximate surface area is 155 Å². The maximum absolute atomic E-state index is 12.7. The minimum atomic E-state index is -0.672. The Kier molecular flexibility index (Phi) is 4.31. The second-order valence-electron chi connectivity index (χ2n) is 6.01. The zero-order valence-corrected chi connectivity index (χ0v) is 15.2. The van der Waals surface area contributed by atoms with Crippen LogP contribution in [0.2, 0.25) is 0 Å². The highest BCUT2D eigenvalue weighted by Gasteiger charge is 2.29. The van der Waals surface area contributed by atoms with E-state index in [0.29, 0.717) is 22.5 Å². The predicted octanol–water partition coefficient (Wildman–Crippen LogP) is 3.55. The van der Waals surface area contributed by atoms with Gasteiger partial charge in [0.1, 0.15) is 17.9 Å². The molecule has 0 fully saturated rings. The molecule has 27 heavy (non-hydrogen) atoms. The van der Waals surface area contributed by atoms with Crippen LogP contribution in [0.3, 0.4) is 0 Å². The van der Waals surface area contributed by atoms with Gasteiger partial charge in [0, 0.05) is 22.5 Å². The first-order valence-electron chi connectivity index (χ1n) is 8.03. The number of nitrogens with zero attached hydrogens (tertiary/aromatic N) is 3. The van der Waals surface area contributed by atoms with Gasteiger partial charge in [-0.25, -0.2) is 4.79 Å². The van der Waals surface area contributed by atoms with Crippen LogP contribution in [0.15, 0.2) is 22.6 Å². The number of rotatable bonds is 3. The Balaban J connectivity index is 2.61. The van der Waals surface area contributed by atoms with Crippen molar-refractivity contribution in [1.82, 2.24) is 4.40 Å². The first-order chi connectivity index (χ1) is 12.8. The second-order valence-corrected chi connectivity index (χ2v) is 6.01. The van der Waals surface area contributed by atoms with Crippen molar-refractivity contribution in [3.63, 3.8) is 0 Å². The van der Waals surface area contributed by atoms with Crippen LogP contribution in [0.5, 0.6) is 0 Å². The van der Waals surface area contributed by atoms with Crippen molar-refractivity contribution >= 4 is 17.3 Å². The van der Waals surface area contributed by atoms with Crippen molar-refractivity contribution in [3.8, 4) is 23.5 Å². The van der Waals surface area contributed by atoms with Gasteiger partial charge >= 0.3 is 5.97 Å². The molecule has 0 spiro atoms. The highest BCUT2D eigenvalue weighted by Crippen LogP contribution is 2.37. The van der Waals surface area contributed by atoms with Crippen LogP contribution in [0, 0.1) is 36.5 Å². The number of ether oxygens (including phenoxy) is 1. The van der Waals surface area contributed by atoms with E-state index in [9.17, 15) is 14.9 Å². The summed E-state index contributed by atoms with van der Waals surface area (Å²) in [4.78, 5) is 25.2. The molecule has 0 radical (unpaired) electrons. The minimum Gasteiger partial charge on any atom is -0.465 e. The van der Waals surface area contributed by atoms with E-state index in [1.54, 1.807) is 24.3 Å². The van der Waals surface area contributed by atoms with Gasteiger partial charge in [0.25, 0.3) is 0 Å². The Morgan fingerprint density at radius 3 is 2.33 bits per heavy atom. The number of aromatic nitrogens is 1. The first-order valence-corrected chi connectivity index (χ1v) is 8.03. The third-order valence-corrected chi connectivity index (χ3v) is 4.53. The van der Waals surface area contributed by atoms with Gasteiger partial charge in [-0.05, 0) is 39.0 Å². The summed E-state index contributed by atoms with van der Waals surface area (Å²) in [6.45, 7) is 4.86. The Morgan fingerprint density at radius 2 is 1.81 bits per heavy atom. The number of nitriles is 2. The number of furan rings is 1. The fourth-order valence-electron chi connectivity index (χ4n) is 3.40. The van der Waals surface area contributed by atoms with E-state index in [2.05, 4.69) is 6.07 Å². The molecule has 0 aromatic carbocycles. The summed E-state index contributed by atoms with van der Waals surface area (Å²) in [7, 11) is 1.24. The Bertz CT molecular complexity index is 1200. The monoisotopic (exact) mass is 361 g/mol.